The van der Waals surface area contributed by atoms with Crippen LogP contribution in [0.2, 0.25) is 0 Å². The average molecular weight is 383 g/mol. The number of nitrogens with zero attached hydrogens (tertiary/aromatic N) is 3. The summed E-state index contributed by atoms with van der Waals surface area (Å²) in [5, 5.41) is 10.8. The van der Waals surface area contributed by atoms with Crippen molar-refractivity contribution in [2.24, 2.45) is 5.92 Å². The number of carbonyl (C=O) groups is 1. The van der Waals surface area contributed by atoms with Crippen molar-refractivity contribution >= 4 is 17.3 Å². The lowest BCUT2D eigenvalue weighted by atomic mass is 9.92. The van der Waals surface area contributed by atoms with Gasteiger partial charge in [-0.15, -0.1) is 0 Å². The Morgan fingerprint density at radius 1 is 1.00 bits per heavy atom. The van der Waals surface area contributed by atoms with Gasteiger partial charge in [-0.3, -0.25) is 14.9 Å². The number of non-ortho nitro benzene ring substituents is 1. The maximum atomic E-state index is 13.3. The van der Waals surface area contributed by atoms with Gasteiger partial charge in [0.1, 0.15) is 5.82 Å². The largest absolute Gasteiger partial charge is 0.368 e. The third kappa shape index (κ3) is 3.83. The summed E-state index contributed by atoms with van der Waals surface area (Å²) < 4.78 is 13.3. The molecule has 1 saturated heterocycles. The first kappa shape index (κ1) is 18.4. The first-order valence-electron chi connectivity index (χ1n) is 9.56. The molecule has 0 bridgehead atoms. The van der Waals surface area contributed by atoms with Crippen molar-refractivity contribution in [1.82, 2.24) is 4.90 Å². The Morgan fingerprint density at radius 3 is 2.14 bits per heavy atom. The van der Waals surface area contributed by atoms with Gasteiger partial charge in [0.15, 0.2) is 0 Å². The molecular formula is C21H22FN3O3. The lowest BCUT2D eigenvalue weighted by Gasteiger charge is -2.37. The number of amides is 1. The van der Waals surface area contributed by atoms with Crippen LogP contribution in [-0.2, 0) is 4.79 Å². The monoisotopic (exact) mass is 383 g/mol. The molecular weight excluding hydrogens is 361 g/mol. The van der Waals surface area contributed by atoms with Crippen LogP contribution in [0.5, 0.6) is 0 Å². The van der Waals surface area contributed by atoms with Gasteiger partial charge in [-0.25, -0.2) is 4.39 Å². The predicted octanol–water partition coefficient (Wildman–Crippen LogP) is 3.58. The zero-order valence-electron chi connectivity index (χ0n) is 15.5. The van der Waals surface area contributed by atoms with Crippen molar-refractivity contribution in [3.63, 3.8) is 0 Å². The molecule has 7 heteroatoms. The number of benzene rings is 2. The van der Waals surface area contributed by atoms with Crippen LogP contribution in [0.4, 0.5) is 15.8 Å². The third-order valence-electron chi connectivity index (χ3n) is 5.61. The molecule has 2 aromatic rings. The topological polar surface area (TPSA) is 66.7 Å². The van der Waals surface area contributed by atoms with E-state index in [1.165, 1.54) is 24.3 Å². The van der Waals surface area contributed by atoms with Crippen LogP contribution in [0.1, 0.15) is 24.3 Å². The minimum Gasteiger partial charge on any atom is -0.368 e. The molecule has 2 aliphatic rings. The molecule has 146 valence electrons. The Balaban J connectivity index is 1.41. The first-order valence-corrected chi connectivity index (χ1v) is 9.56. The highest BCUT2D eigenvalue weighted by atomic mass is 19.1. The Morgan fingerprint density at radius 2 is 1.61 bits per heavy atom. The second-order valence-electron chi connectivity index (χ2n) is 7.45. The summed E-state index contributed by atoms with van der Waals surface area (Å²) in [4.78, 5) is 27.6. The molecule has 0 aromatic heterocycles. The zero-order chi connectivity index (χ0) is 19.7. The van der Waals surface area contributed by atoms with Gasteiger partial charge < -0.3 is 9.80 Å². The molecule has 28 heavy (non-hydrogen) atoms. The maximum Gasteiger partial charge on any atom is 0.269 e. The lowest BCUT2D eigenvalue weighted by Crippen LogP contribution is -2.50. The van der Waals surface area contributed by atoms with Crippen molar-refractivity contribution in [2.75, 3.05) is 31.1 Å². The van der Waals surface area contributed by atoms with E-state index in [0.717, 1.165) is 24.1 Å². The number of hydrogen-bond donors (Lipinski definition) is 0. The SMILES string of the molecule is O=C(C(c1ccc(F)cc1)C1CC1)N1CCN(c2ccc([N+](=O)[O-])cc2)CC1. The molecule has 1 saturated carbocycles. The summed E-state index contributed by atoms with van der Waals surface area (Å²) in [5.74, 6) is -0.00268. The molecule has 1 aliphatic carbocycles. The summed E-state index contributed by atoms with van der Waals surface area (Å²) in [6, 6.07) is 12.8. The molecule has 2 fully saturated rings. The molecule has 2 aromatic carbocycles. The number of anilines is 1. The second-order valence-corrected chi connectivity index (χ2v) is 7.45. The van der Waals surface area contributed by atoms with E-state index in [4.69, 9.17) is 0 Å². The summed E-state index contributed by atoms with van der Waals surface area (Å²) in [5.41, 5.74) is 1.89. The van der Waals surface area contributed by atoms with Crippen molar-refractivity contribution in [1.29, 1.82) is 0 Å². The number of carbonyl (C=O) groups excluding carboxylic acids is 1. The Hall–Kier alpha value is -2.96. The van der Waals surface area contributed by atoms with Crippen LogP contribution < -0.4 is 4.90 Å². The molecule has 1 amide bonds. The van der Waals surface area contributed by atoms with Gasteiger partial charge in [-0.05, 0) is 48.6 Å². The molecule has 1 unspecified atom stereocenters. The smallest absolute Gasteiger partial charge is 0.269 e. The highest BCUT2D eigenvalue weighted by Crippen LogP contribution is 2.43. The fourth-order valence-corrected chi connectivity index (χ4v) is 3.88. The molecule has 0 radical (unpaired) electrons. The molecule has 1 heterocycles. The van der Waals surface area contributed by atoms with Crippen LogP contribution in [0, 0.1) is 21.8 Å². The van der Waals surface area contributed by atoms with Crippen molar-refractivity contribution < 1.29 is 14.1 Å². The van der Waals surface area contributed by atoms with Crippen LogP contribution in [0.15, 0.2) is 48.5 Å². The first-order chi connectivity index (χ1) is 13.5. The van der Waals surface area contributed by atoms with Gasteiger partial charge in [0.2, 0.25) is 5.91 Å². The third-order valence-corrected chi connectivity index (χ3v) is 5.61. The van der Waals surface area contributed by atoms with E-state index < -0.39 is 4.92 Å². The summed E-state index contributed by atoms with van der Waals surface area (Å²) in [6.07, 6.45) is 2.08. The van der Waals surface area contributed by atoms with E-state index in [1.54, 1.807) is 24.3 Å². The van der Waals surface area contributed by atoms with Gasteiger partial charge in [-0.1, -0.05) is 12.1 Å². The number of nitro benzene ring substituents is 1. The fraction of sp³-hybridized carbons (Fsp3) is 0.381. The number of rotatable bonds is 5. The highest BCUT2D eigenvalue weighted by molar-refractivity contribution is 5.84. The van der Waals surface area contributed by atoms with Gasteiger partial charge in [0.25, 0.3) is 5.69 Å². The molecule has 0 spiro atoms. The summed E-state index contributed by atoms with van der Waals surface area (Å²) in [7, 11) is 0. The molecule has 6 nitrogen and oxygen atoms in total. The van der Waals surface area contributed by atoms with Crippen LogP contribution in [0.3, 0.4) is 0 Å². The molecule has 1 aliphatic heterocycles. The maximum absolute atomic E-state index is 13.3. The van der Waals surface area contributed by atoms with E-state index in [-0.39, 0.29) is 23.3 Å². The highest BCUT2D eigenvalue weighted by Gasteiger charge is 2.39. The van der Waals surface area contributed by atoms with E-state index in [1.807, 2.05) is 4.90 Å². The normalized spacial score (nSPS) is 18.0. The fourth-order valence-electron chi connectivity index (χ4n) is 3.88. The summed E-state index contributed by atoms with van der Waals surface area (Å²) >= 11 is 0. The number of piperazine rings is 1. The lowest BCUT2D eigenvalue weighted by molar-refractivity contribution is -0.384. The van der Waals surface area contributed by atoms with Gasteiger partial charge in [0.05, 0.1) is 10.8 Å². The molecule has 1 atom stereocenters. The van der Waals surface area contributed by atoms with E-state index in [9.17, 15) is 19.3 Å². The molecule has 4 rings (SSSR count). The minimum atomic E-state index is -0.409. The Labute approximate surface area is 162 Å². The number of hydrogen-bond acceptors (Lipinski definition) is 4. The standard InChI is InChI=1S/C21H22FN3O3/c22-17-5-3-16(4-6-17)20(15-1-2-15)21(26)24-13-11-23(12-14-24)18-7-9-19(10-8-18)25(27)28/h3-10,15,20H,1-2,11-14H2. The van der Waals surface area contributed by atoms with Gasteiger partial charge >= 0.3 is 0 Å². The Kier molecular flexibility index (Phi) is 4.98. The predicted molar refractivity (Wildman–Crippen MR) is 104 cm³/mol. The zero-order valence-corrected chi connectivity index (χ0v) is 15.5. The summed E-state index contributed by atoms with van der Waals surface area (Å²) in [6.45, 7) is 2.59. The average Bonchev–Trinajstić information content (AvgIpc) is 3.55. The molecule has 0 N–H and O–H groups in total. The van der Waals surface area contributed by atoms with E-state index in [2.05, 4.69) is 4.90 Å². The van der Waals surface area contributed by atoms with E-state index in [0.29, 0.717) is 32.1 Å². The second kappa shape index (κ2) is 7.58. The van der Waals surface area contributed by atoms with Gasteiger partial charge in [-0.2, -0.15) is 0 Å². The van der Waals surface area contributed by atoms with Crippen molar-refractivity contribution in [2.45, 2.75) is 18.8 Å². The van der Waals surface area contributed by atoms with Crippen molar-refractivity contribution in [3.05, 3.63) is 70.0 Å². The van der Waals surface area contributed by atoms with Crippen LogP contribution in [-0.4, -0.2) is 41.9 Å². The van der Waals surface area contributed by atoms with E-state index >= 15 is 0 Å². The number of halogens is 1. The quantitative estimate of drug-likeness (QED) is 0.585. The Bertz CT molecular complexity index is 857. The number of nitro groups is 1. The van der Waals surface area contributed by atoms with Crippen molar-refractivity contribution in [3.8, 4) is 0 Å². The van der Waals surface area contributed by atoms with Gasteiger partial charge in [0, 0.05) is 44.0 Å². The van der Waals surface area contributed by atoms with Crippen LogP contribution >= 0.6 is 0 Å². The van der Waals surface area contributed by atoms with Crippen LogP contribution in [0.25, 0.3) is 0 Å². The minimum absolute atomic E-state index is 0.0733.